The van der Waals surface area contributed by atoms with Gasteiger partial charge in [0, 0.05) is 24.8 Å². The number of nitrogens with zero attached hydrogens (tertiary/aromatic N) is 5. The van der Waals surface area contributed by atoms with Gasteiger partial charge in [-0.2, -0.15) is 0 Å². The van der Waals surface area contributed by atoms with Gasteiger partial charge in [-0.1, -0.05) is 23.4 Å². The zero-order valence-corrected chi connectivity index (χ0v) is 22.2. The number of aliphatic carboxylic acids is 1. The zero-order chi connectivity index (χ0) is 28.6. The highest BCUT2D eigenvalue weighted by molar-refractivity contribution is 6.04. The molecule has 0 fully saturated rings. The Bertz CT molecular complexity index is 1890. The number of aryl methyl sites for hydroxylation is 1. The summed E-state index contributed by atoms with van der Waals surface area (Å²) < 4.78 is 15.1. The number of para-hydroxylation sites is 2. The maximum Gasteiger partial charge on any atom is 0.303 e. The lowest BCUT2D eigenvalue weighted by atomic mass is 9.92. The van der Waals surface area contributed by atoms with Crippen molar-refractivity contribution in [3.8, 4) is 5.69 Å². The number of carbonyl (C=O) groups is 1. The van der Waals surface area contributed by atoms with Crippen LogP contribution in [0, 0.1) is 5.82 Å². The number of benzene rings is 3. The third-order valence-corrected chi connectivity index (χ3v) is 7.25. The van der Waals surface area contributed by atoms with Gasteiger partial charge in [0.05, 0.1) is 39.5 Å². The van der Waals surface area contributed by atoms with E-state index in [1.54, 1.807) is 12.3 Å². The summed E-state index contributed by atoms with van der Waals surface area (Å²) in [5.41, 5.74) is 3.56. The fourth-order valence-electron chi connectivity index (χ4n) is 5.04. The number of hydrogen-bond donors (Lipinski definition) is 1. The SMILES string of the molecule is CC1(c2cnc3ccccc3n2)CC(c2ccc3c(=O)n(-c4ccc(F)cc4)c(CCCCC(=O)O)nc3c2)=NO1. The van der Waals surface area contributed by atoms with Crippen molar-refractivity contribution in [2.75, 3.05) is 0 Å². The predicted octanol–water partition coefficient (Wildman–Crippen LogP) is 5.31. The van der Waals surface area contributed by atoms with Crippen LogP contribution in [0.25, 0.3) is 27.6 Å². The molecular formula is C31H26FN5O4. The Morgan fingerprint density at radius 2 is 1.80 bits per heavy atom. The number of hydrogen-bond acceptors (Lipinski definition) is 7. The molecule has 0 aliphatic carbocycles. The highest BCUT2D eigenvalue weighted by Gasteiger charge is 2.38. The minimum atomic E-state index is -0.877. The Kier molecular flexibility index (Phi) is 6.74. The lowest BCUT2D eigenvalue weighted by molar-refractivity contribution is -0.137. The summed E-state index contributed by atoms with van der Waals surface area (Å²) in [5, 5.41) is 13.8. The van der Waals surface area contributed by atoms with Gasteiger partial charge in [0.2, 0.25) is 0 Å². The average molecular weight is 552 g/mol. The number of aromatic nitrogens is 4. The molecule has 10 heteroatoms. The molecular weight excluding hydrogens is 525 g/mol. The van der Waals surface area contributed by atoms with E-state index in [9.17, 15) is 14.0 Å². The molecule has 0 spiro atoms. The smallest absolute Gasteiger partial charge is 0.303 e. The van der Waals surface area contributed by atoms with Gasteiger partial charge in [0.25, 0.3) is 5.56 Å². The molecule has 206 valence electrons. The molecule has 1 unspecified atom stereocenters. The van der Waals surface area contributed by atoms with Crippen LogP contribution in [0.4, 0.5) is 4.39 Å². The van der Waals surface area contributed by atoms with Crippen molar-refractivity contribution in [2.24, 2.45) is 5.16 Å². The van der Waals surface area contributed by atoms with Crippen molar-refractivity contribution >= 4 is 33.6 Å². The fraction of sp³-hybridized carbons (Fsp3) is 0.226. The highest BCUT2D eigenvalue weighted by atomic mass is 19.1. The minimum absolute atomic E-state index is 0.0265. The standard InChI is InChI=1S/C31H26FN5O4/c1-31(27-18-33-23-6-2-3-7-24(23)34-27)17-26(36-41-31)19-10-15-22-25(16-19)35-28(8-4-5-9-29(38)39)37(30(22)40)21-13-11-20(32)12-14-21/h2-3,6-7,10-16,18H,4-5,8-9,17H2,1H3,(H,38,39). The first kappa shape index (κ1) is 26.2. The van der Waals surface area contributed by atoms with Crippen LogP contribution in [-0.4, -0.2) is 36.3 Å². The molecule has 0 amide bonds. The molecule has 1 N–H and O–H groups in total. The predicted molar refractivity (Wildman–Crippen MR) is 152 cm³/mol. The van der Waals surface area contributed by atoms with Gasteiger partial charge in [0.15, 0.2) is 5.60 Å². The van der Waals surface area contributed by atoms with Crippen LogP contribution >= 0.6 is 0 Å². The highest BCUT2D eigenvalue weighted by Crippen LogP contribution is 2.35. The fourth-order valence-corrected chi connectivity index (χ4v) is 5.04. The number of fused-ring (bicyclic) bond motifs is 2. The van der Waals surface area contributed by atoms with E-state index in [1.807, 2.05) is 43.3 Å². The van der Waals surface area contributed by atoms with E-state index < -0.39 is 17.4 Å². The second kappa shape index (κ2) is 10.5. The lowest BCUT2D eigenvalue weighted by Gasteiger charge is -2.20. The van der Waals surface area contributed by atoms with Crippen LogP contribution in [0.1, 0.15) is 49.7 Å². The van der Waals surface area contributed by atoms with Crippen molar-refractivity contribution in [3.63, 3.8) is 0 Å². The molecule has 1 atom stereocenters. The van der Waals surface area contributed by atoms with Gasteiger partial charge in [-0.15, -0.1) is 0 Å². The third kappa shape index (κ3) is 5.16. The summed E-state index contributed by atoms with van der Waals surface area (Å²) in [6, 6.07) is 18.6. The average Bonchev–Trinajstić information content (AvgIpc) is 3.39. The van der Waals surface area contributed by atoms with E-state index in [2.05, 4.69) is 10.1 Å². The monoisotopic (exact) mass is 551 g/mol. The molecule has 41 heavy (non-hydrogen) atoms. The quantitative estimate of drug-likeness (QED) is 0.260. The summed E-state index contributed by atoms with van der Waals surface area (Å²) in [4.78, 5) is 44.6. The Balaban J connectivity index is 1.34. The zero-order valence-electron chi connectivity index (χ0n) is 22.2. The van der Waals surface area contributed by atoms with E-state index in [4.69, 9.17) is 19.9 Å². The van der Waals surface area contributed by atoms with E-state index in [-0.39, 0.29) is 12.0 Å². The Labute approximate surface area is 234 Å². The number of unbranched alkanes of at least 4 members (excludes halogenated alkanes) is 1. The van der Waals surface area contributed by atoms with Gasteiger partial charge >= 0.3 is 5.97 Å². The summed E-state index contributed by atoms with van der Waals surface area (Å²) >= 11 is 0. The molecule has 1 aliphatic heterocycles. The normalized spacial score (nSPS) is 16.6. The summed E-state index contributed by atoms with van der Waals surface area (Å²) in [7, 11) is 0. The van der Waals surface area contributed by atoms with Crippen molar-refractivity contribution in [1.82, 2.24) is 19.5 Å². The molecule has 6 rings (SSSR count). The molecule has 0 saturated carbocycles. The van der Waals surface area contributed by atoms with Gasteiger partial charge in [0.1, 0.15) is 17.3 Å². The van der Waals surface area contributed by atoms with Crippen LogP contribution < -0.4 is 5.56 Å². The Hall–Kier alpha value is -4.99. The van der Waals surface area contributed by atoms with Crippen molar-refractivity contribution < 1.29 is 19.1 Å². The molecule has 0 saturated heterocycles. The molecule has 5 aromatic rings. The van der Waals surface area contributed by atoms with Gasteiger partial charge < -0.3 is 9.94 Å². The van der Waals surface area contributed by atoms with Crippen LogP contribution in [-0.2, 0) is 21.7 Å². The number of rotatable bonds is 8. The number of carboxylic acid groups (broad SMARTS) is 1. The molecule has 2 aromatic heterocycles. The molecule has 3 aromatic carbocycles. The number of carboxylic acids is 1. The van der Waals surface area contributed by atoms with Crippen LogP contribution in [0.2, 0.25) is 0 Å². The first-order chi connectivity index (χ1) is 19.8. The number of oxime groups is 1. The summed E-state index contributed by atoms with van der Waals surface area (Å²) in [6.07, 6.45) is 3.52. The largest absolute Gasteiger partial charge is 0.481 e. The van der Waals surface area contributed by atoms with Crippen LogP contribution in [0.15, 0.2) is 82.9 Å². The molecule has 0 radical (unpaired) electrons. The first-order valence-corrected chi connectivity index (χ1v) is 13.3. The van der Waals surface area contributed by atoms with Gasteiger partial charge in [-0.25, -0.2) is 14.4 Å². The maximum atomic E-state index is 13.7. The van der Waals surface area contributed by atoms with E-state index >= 15 is 0 Å². The molecule has 0 bridgehead atoms. The van der Waals surface area contributed by atoms with E-state index in [1.165, 1.54) is 28.8 Å². The van der Waals surface area contributed by atoms with Gasteiger partial charge in [-0.3, -0.25) is 19.1 Å². The van der Waals surface area contributed by atoms with E-state index in [0.717, 1.165) is 16.6 Å². The minimum Gasteiger partial charge on any atom is -0.481 e. The third-order valence-electron chi connectivity index (χ3n) is 7.25. The molecule has 3 heterocycles. The summed E-state index contributed by atoms with van der Waals surface area (Å²) in [5.74, 6) is -0.819. The lowest BCUT2D eigenvalue weighted by Crippen LogP contribution is -2.25. The van der Waals surface area contributed by atoms with E-state index in [0.29, 0.717) is 59.5 Å². The van der Waals surface area contributed by atoms with Crippen LogP contribution in [0.3, 0.4) is 0 Å². The van der Waals surface area contributed by atoms with Gasteiger partial charge in [-0.05, 0) is 68.3 Å². The van der Waals surface area contributed by atoms with Crippen molar-refractivity contribution in [3.05, 3.63) is 106 Å². The molecule has 1 aliphatic rings. The van der Waals surface area contributed by atoms with Crippen LogP contribution in [0.5, 0.6) is 0 Å². The summed E-state index contributed by atoms with van der Waals surface area (Å²) in [6.45, 7) is 1.91. The topological polar surface area (TPSA) is 120 Å². The van der Waals surface area contributed by atoms with Crippen molar-refractivity contribution in [2.45, 2.75) is 44.6 Å². The second-order valence-corrected chi connectivity index (χ2v) is 10.3. The first-order valence-electron chi connectivity index (χ1n) is 13.3. The maximum absolute atomic E-state index is 13.7. The second-order valence-electron chi connectivity index (χ2n) is 10.3. The van der Waals surface area contributed by atoms with Crippen molar-refractivity contribution in [1.29, 1.82) is 0 Å². The molecule has 9 nitrogen and oxygen atoms in total. The number of halogens is 1. The Morgan fingerprint density at radius 1 is 1.02 bits per heavy atom. The Morgan fingerprint density at radius 3 is 2.59 bits per heavy atom.